The minimum Gasteiger partial charge on any atom is -0.318 e. The van der Waals surface area contributed by atoms with Crippen LogP contribution in [-0.4, -0.2) is 18.7 Å². The molecule has 0 amide bonds. The van der Waals surface area contributed by atoms with Crippen molar-refractivity contribution in [1.29, 1.82) is 0 Å². The van der Waals surface area contributed by atoms with Crippen molar-refractivity contribution >= 4 is 10.0 Å². The zero-order chi connectivity index (χ0) is 12.2. The molecule has 16 heavy (non-hydrogen) atoms. The number of nitrogens with zero attached hydrogens (tertiary/aromatic N) is 1. The molecule has 0 radical (unpaired) electrons. The van der Waals surface area contributed by atoms with E-state index in [0.29, 0.717) is 12.0 Å². The van der Waals surface area contributed by atoms with Gasteiger partial charge in [0, 0.05) is 25.4 Å². The molecule has 5 nitrogen and oxygen atoms in total. The van der Waals surface area contributed by atoms with E-state index in [-0.39, 0.29) is 17.9 Å². The average Bonchev–Trinajstić information content (AvgIpc) is 2.20. The number of aromatic nitrogens is 1. The maximum Gasteiger partial charge on any atom is 0.254 e. The molecule has 1 aromatic heterocycles. The Labute approximate surface area is 95.2 Å². The third-order valence-corrected chi connectivity index (χ3v) is 3.69. The van der Waals surface area contributed by atoms with E-state index in [1.807, 2.05) is 0 Å². The van der Waals surface area contributed by atoms with E-state index in [1.54, 1.807) is 32.3 Å². The quantitative estimate of drug-likeness (QED) is 0.805. The van der Waals surface area contributed by atoms with Gasteiger partial charge < -0.3 is 4.57 Å². The van der Waals surface area contributed by atoms with Gasteiger partial charge in [-0.15, -0.1) is 0 Å². The Morgan fingerprint density at radius 3 is 2.75 bits per heavy atom. The number of nitrogens with one attached hydrogen (secondary N) is 1. The normalized spacial score (nSPS) is 11.6. The summed E-state index contributed by atoms with van der Waals surface area (Å²) in [4.78, 5) is 11.6. The van der Waals surface area contributed by atoms with E-state index in [9.17, 15) is 13.2 Å². The summed E-state index contributed by atoms with van der Waals surface area (Å²) in [6, 6.07) is 3.33. The van der Waals surface area contributed by atoms with Gasteiger partial charge in [-0.1, -0.05) is 13.0 Å². The zero-order valence-electron chi connectivity index (χ0n) is 9.43. The lowest BCUT2D eigenvalue weighted by Crippen LogP contribution is -2.30. The van der Waals surface area contributed by atoms with E-state index in [4.69, 9.17) is 0 Å². The molecule has 1 N–H and O–H groups in total. The summed E-state index contributed by atoms with van der Waals surface area (Å²) in [6.07, 6.45) is 2.19. The zero-order valence-corrected chi connectivity index (χ0v) is 10.3. The van der Waals surface area contributed by atoms with Crippen molar-refractivity contribution in [3.8, 4) is 0 Å². The molecule has 0 aliphatic rings. The summed E-state index contributed by atoms with van der Waals surface area (Å²) < 4.78 is 26.6. The number of hydrogen-bond acceptors (Lipinski definition) is 3. The number of aryl methyl sites for hydroxylation is 1. The molecule has 0 bridgehead atoms. The van der Waals surface area contributed by atoms with Crippen LogP contribution in [0.3, 0.4) is 0 Å². The molecule has 1 rings (SSSR count). The van der Waals surface area contributed by atoms with E-state index in [1.165, 1.54) is 4.57 Å². The summed E-state index contributed by atoms with van der Waals surface area (Å²) in [5, 5.41) is 0. The van der Waals surface area contributed by atoms with Gasteiger partial charge in [0.1, 0.15) is 0 Å². The smallest absolute Gasteiger partial charge is 0.254 e. The summed E-state index contributed by atoms with van der Waals surface area (Å²) in [5.41, 5.74) is 0.270. The van der Waals surface area contributed by atoms with Gasteiger partial charge in [0.05, 0.1) is 5.75 Å². The van der Waals surface area contributed by atoms with Gasteiger partial charge in [-0.25, -0.2) is 13.1 Å². The standard InChI is InChI=1S/C10H16N2O3S/c1-3-7-16(14,15)11-8-9-5-4-6-12(2)10(9)13/h4-6,11H,3,7-8H2,1-2H3. The minimum atomic E-state index is -3.26. The molecular formula is C10H16N2O3S. The first kappa shape index (κ1) is 12.9. The predicted molar refractivity (Wildman–Crippen MR) is 62.6 cm³/mol. The molecule has 0 unspecified atom stereocenters. The van der Waals surface area contributed by atoms with E-state index < -0.39 is 10.0 Å². The van der Waals surface area contributed by atoms with Crippen LogP contribution in [-0.2, 0) is 23.6 Å². The highest BCUT2D eigenvalue weighted by Gasteiger charge is 2.09. The lowest BCUT2D eigenvalue weighted by molar-refractivity contribution is 0.579. The molecule has 0 fully saturated rings. The molecule has 0 atom stereocenters. The summed E-state index contributed by atoms with van der Waals surface area (Å²) in [5.74, 6) is 0.0835. The first-order chi connectivity index (χ1) is 7.46. The maximum atomic E-state index is 11.6. The molecular weight excluding hydrogens is 228 g/mol. The lowest BCUT2D eigenvalue weighted by Gasteiger charge is -2.06. The second-order valence-corrected chi connectivity index (χ2v) is 5.52. The predicted octanol–water partition coefficient (Wildman–Crippen LogP) is 0.215. The summed E-state index contributed by atoms with van der Waals surface area (Å²) >= 11 is 0. The Bertz CT molecular complexity index is 505. The monoisotopic (exact) mass is 244 g/mol. The van der Waals surface area contributed by atoms with Crippen LogP contribution in [0.1, 0.15) is 18.9 Å². The highest BCUT2D eigenvalue weighted by Crippen LogP contribution is 1.94. The third-order valence-electron chi connectivity index (χ3n) is 2.16. The van der Waals surface area contributed by atoms with Crippen molar-refractivity contribution in [2.24, 2.45) is 7.05 Å². The van der Waals surface area contributed by atoms with Gasteiger partial charge in [0.25, 0.3) is 5.56 Å². The fourth-order valence-electron chi connectivity index (χ4n) is 1.32. The summed E-state index contributed by atoms with van der Waals surface area (Å²) in [7, 11) is -1.63. The molecule has 0 aromatic carbocycles. The SMILES string of the molecule is CCCS(=O)(=O)NCc1cccn(C)c1=O. The van der Waals surface area contributed by atoms with Crippen molar-refractivity contribution in [3.63, 3.8) is 0 Å². The van der Waals surface area contributed by atoms with Crippen LogP contribution in [0.2, 0.25) is 0 Å². The van der Waals surface area contributed by atoms with E-state index in [0.717, 1.165) is 0 Å². The Balaban J connectivity index is 2.76. The highest BCUT2D eigenvalue weighted by molar-refractivity contribution is 7.89. The van der Waals surface area contributed by atoms with Crippen LogP contribution in [0.4, 0.5) is 0 Å². The number of rotatable bonds is 5. The molecule has 0 saturated carbocycles. The average molecular weight is 244 g/mol. The molecule has 1 heterocycles. The van der Waals surface area contributed by atoms with Gasteiger partial charge >= 0.3 is 0 Å². The largest absolute Gasteiger partial charge is 0.318 e. The van der Waals surface area contributed by atoms with Crippen molar-refractivity contribution < 1.29 is 8.42 Å². The maximum absolute atomic E-state index is 11.6. The van der Waals surface area contributed by atoms with Crippen LogP contribution in [0.5, 0.6) is 0 Å². The van der Waals surface area contributed by atoms with Crippen LogP contribution in [0.25, 0.3) is 0 Å². The number of hydrogen-bond donors (Lipinski definition) is 1. The molecule has 0 aliphatic heterocycles. The van der Waals surface area contributed by atoms with Crippen LogP contribution in [0.15, 0.2) is 23.1 Å². The molecule has 0 spiro atoms. The van der Waals surface area contributed by atoms with Crippen molar-refractivity contribution in [2.75, 3.05) is 5.75 Å². The van der Waals surface area contributed by atoms with Crippen molar-refractivity contribution in [2.45, 2.75) is 19.9 Å². The highest BCUT2D eigenvalue weighted by atomic mass is 32.2. The summed E-state index contributed by atoms with van der Waals surface area (Å²) in [6.45, 7) is 1.84. The van der Waals surface area contributed by atoms with Gasteiger partial charge in [-0.2, -0.15) is 0 Å². The Hall–Kier alpha value is -1.14. The first-order valence-electron chi connectivity index (χ1n) is 5.08. The van der Waals surface area contributed by atoms with Gasteiger partial charge in [-0.05, 0) is 12.5 Å². The molecule has 1 aromatic rings. The van der Waals surface area contributed by atoms with Crippen molar-refractivity contribution in [1.82, 2.24) is 9.29 Å². The fourth-order valence-corrected chi connectivity index (χ4v) is 2.37. The van der Waals surface area contributed by atoms with Gasteiger partial charge in [-0.3, -0.25) is 4.79 Å². The second-order valence-electron chi connectivity index (χ2n) is 3.59. The van der Waals surface area contributed by atoms with Crippen LogP contribution < -0.4 is 10.3 Å². The van der Waals surface area contributed by atoms with Gasteiger partial charge in [0.2, 0.25) is 10.0 Å². The molecule has 0 aliphatic carbocycles. The fraction of sp³-hybridized carbons (Fsp3) is 0.500. The van der Waals surface area contributed by atoms with E-state index in [2.05, 4.69) is 4.72 Å². The number of pyridine rings is 1. The first-order valence-corrected chi connectivity index (χ1v) is 6.73. The molecule has 0 saturated heterocycles. The topological polar surface area (TPSA) is 68.2 Å². The lowest BCUT2D eigenvalue weighted by atomic mass is 10.3. The Morgan fingerprint density at radius 2 is 2.12 bits per heavy atom. The Kier molecular flexibility index (Phi) is 4.26. The third kappa shape index (κ3) is 3.46. The molecule has 6 heteroatoms. The second kappa shape index (κ2) is 5.27. The van der Waals surface area contributed by atoms with E-state index >= 15 is 0 Å². The van der Waals surface area contributed by atoms with Crippen LogP contribution >= 0.6 is 0 Å². The number of sulfonamides is 1. The van der Waals surface area contributed by atoms with Crippen molar-refractivity contribution in [3.05, 3.63) is 34.2 Å². The minimum absolute atomic E-state index is 0.0514. The molecule has 90 valence electrons. The Morgan fingerprint density at radius 1 is 1.44 bits per heavy atom. The van der Waals surface area contributed by atoms with Crippen LogP contribution in [0, 0.1) is 0 Å². The van der Waals surface area contributed by atoms with Gasteiger partial charge in [0.15, 0.2) is 0 Å².